The Morgan fingerprint density at radius 2 is 1.73 bits per heavy atom. The van der Waals surface area contributed by atoms with E-state index in [1.807, 2.05) is 0 Å². The third-order valence-electron chi connectivity index (χ3n) is 3.63. The van der Waals surface area contributed by atoms with E-state index in [2.05, 4.69) is 9.97 Å². The number of ketones is 2. The van der Waals surface area contributed by atoms with E-state index in [4.69, 9.17) is 0 Å². The first-order valence-corrected chi connectivity index (χ1v) is 6.38. The summed E-state index contributed by atoms with van der Waals surface area (Å²) < 4.78 is 1.41. The maximum Gasteiger partial charge on any atom is 0.338 e. The second-order valence-electron chi connectivity index (χ2n) is 4.77. The van der Waals surface area contributed by atoms with E-state index in [1.165, 1.54) is 16.8 Å². The van der Waals surface area contributed by atoms with Crippen LogP contribution in [0, 0.1) is 0 Å². The molecule has 0 aromatic carbocycles. The Kier molecular flexibility index (Phi) is 2.30. The molecule has 0 atom stereocenters. The van der Waals surface area contributed by atoms with Crippen molar-refractivity contribution in [2.45, 2.75) is 0 Å². The predicted molar refractivity (Wildman–Crippen MR) is 73.3 cm³/mol. The number of hydrogen-bond acceptors (Lipinski definition) is 5. The first-order valence-electron chi connectivity index (χ1n) is 6.38. The molecule has 3 aromatic rings. The fraction of sp³-hybridized carbons (Fsp3) is 0. The van der Waals surface area contributed by atoms with Crippen LogP contribution in [0.2, 0.25) is 0 Å². The van der Waals surface area contributed by atoms with Crippen molar-refractivity contribution in [3.05, 3.63) is 65.0 Å². The standard InChI is InChI=1S/C15H7N3O4/c19-13-9-8(15(21)22)7-3-1-2-6-18(7)12(9)14(20)11-10(13)16-4-5-17-11/h1-6H,(H,21,22). The van der Waals surface area contributed by atoms with E-state index in [0.29, 0.717) is 0 Å². The fourth-order valence-corrected chi connectivity index (χ4v) is 2.77. The molecule has 106 valence electrons. The molecule has 7 heteroatoms. The van der Waals surface area contributed by atoms with Gasteiger partial charge in [0.05, 0.1) is 16.6 Å². The van der Waals surface area contributed by atoms with Gasteiger partial charge in [0, 0.05) is 18.6 Å². The van der Waals surface area contributed by atoms with Crippen LogP contribution in [0.15, 0.2) is 36.8 Å². The number of carboxylic acids is 1. The minimum atomic E-state index is -1.27. The van der Waals surface area contributed by atoms with Gasteiger partial charge < -0.3 is 9.51 Å². The molecule has 0 saturated carbocycles. The zero-order valence-corrected chi connectivity index (χ0v) is 11.0. The van der Waals surface area contributed by atoms with Crippen molar-refractivity contribution < 1.29 is 19.5 Å². The molecule has 0 saturated heterocycles. The summed E-state index contributed by atoms with van der Waals surface area (Å²) in [5.74, 6) is -2.37. The van der Waals surface area contributed by atoms with Crippen LogP contribution >= 0.6 is 0 Å². The number of aromatic nitrogens is 3. The lowest BCUT2D eigenvalue weighted by Gasteiger charge is -2.13. The largest absolute Gasteiger partial charge is 0.478 e. The van der Waals surface area contributed by atoms with E-state index in [0.717, 1.165) is 0 Å². The molecular formula is C15H7N3O4. The minimum Gasteiger partial charge on any atom is -0.478 e. The average Bonchev–Trinajstić information content (AvgIpc) is 2.88. The van der Waals surface area contributed by atoms with E-state index >= 15 is 0 Å². The van der Waals surface area contributed by atoms with Gasteiger partial charge >= 0.3 is 5.97 Å². The van der Waals surface area contributed by atoms with Gasteiger partial charge in [-0.2, -0.15) is 0 Å². The zero-order valence-electron chi connectivity index (χ0n) is 11.0. The summed E-state index contributed by atoms with van der Waals surface area (Å²) in [6.45, 7) is 0. The van der Waals surface area contributed by atoms with Crippen molar-refractivity contribution in [2.75, 3.05) is 0 Å². The van der Waals surface area contributed by atoms with E-state index in [-0.39, 0.29) is 33.7 Å². The summed E-state index contributed by atoms with van der Waals surface area (Å²) in [4.78, 5) is 44.7. The van der Waals surface area contributed by atoms with Crippen LogP contribution in [0.5, 0.6) is 0 Å². The van der Waals surface area contributed by atoms with Crippen LogP contribution in [-0.4, -0.2) is 37.0 Å². The first kappa shape index (κ1) is 12.4. The van der Waals surface area contributed by atoms with Crippen LogP contribution in [0.3, 0.4) is 0 Å². The second-order valence-corrected chi connectivity index (χ2v) is 4.77. The Hall–Kier alpha value is -3.35. The number of aromatic carboxylic acids is 1. The first-order chi connectivity index (χ1) is 10.6. The number of rotatable bonds is 1. The summed E-state index contributed by atoms with van der Waals surface area (Å²) in [5, 5.41) is 9.47. The molecule has 22 heavy (non-hydrogen) atoms. The van der Waals surface area contributed by atoms with Crippen molar-refractivity contribution in [1.82, 2.24) is 14.4 Å². The molecule has 7 nitrogen and oxygen atoms in total. The number of carboxylic acid groups (broad SMARTS) is 1. The lowest BCUT2D eigenvalue weighted by atomic mass is 9.92. The van der Waals surface area contributed by atoms with E-state index < -0.39 is 17.5 Å². The molecule has 0 aliphatic heterocycles. The van der Waals surface area contributed by atoms with E-state index in [9.17, 15) is 19.5 Å². The number of pyridine rings is 1. The molecule has 0 fully saturated rings. The van der Waals surface area contributed by atoms with Crippen LogP contribution in [0.4, 0.5) is 0 Å². The Bertz CT molecular complexity index is 1000. The molecule has 1 aliphatic rings. The van der Waals surface area contributed by atoms with Crippen molar-refractivity contribution in [3.8, 4) is 0 Å². The number of carbonyl (C=O) groups excluding carboxylic acids is 2. The highest BCUT2D eigenvalue weighted by Gasteiger charge is 2.39. The van der Waals surface area contributed by atoms with Gasteiger partial charge in [-0.05, 0) is 12.1 Å². The van der Waals surface area contributed by atoms with Crippen molar-refractivity contribution in [3.63, 3.8) is 0 Å². The Labute approximate surface area is 122 Å². The Balaban J connectivity index is 2.20. The molecule has 0 bridgehead atoms. The molecule has 0 amide bonds. The molecule has 0 spiro atoms. The molecule has 3 aromatic heterocycles. The fourth-order valence-electron chi connectivity index (χ4n) is 2.77. The van der Waals surface area contributed by atoms with Gasteiger partial charge in [0.2, 0.25) is 11.6 Å². The van der Waals surface area contributed by atoms with Crippen molar-refractivity contribution in [1.29, 1.82) is 0 Å². The number of carbonyl (C=O) groups is 3. The van der Waals surface area contributed by atoms with Gasteiger partial charge in [0.15, 0.2) is 0 Å². The van der Waals surface area contributed by atoms with Gasteiger partial charge in [-0.1, -0.05) is 6.07 Å². The summed E-state index contributed by atoms with van der Waals surface area (Å²) in [7, 11) is 0. The minimum absolute atomic E-state index is 0.0194. The lowest BCUT2D eigenvalue weighted by molar-refractivity contribution is 0.0695. The molecule has 1 N–H and O–H groups in total. The van der Waals surface area contributed by atoms with Crippen molar-refractivity contribution in [2.24, 2.45) is 0 Å². The molecule has 0 radical (unpaired) electrons. The van der Waals surface area contributed by atoms with Crippen molar-refractivity contribution >= 4 is 23.1 Å². The van der Waals surface area contributed by atoms with Gasteiger partial charge in [0.25, 0.3) is 0 Å². The monoisotopic (exact) mass is 293 g/mol. The molecule has 3 heterocycles. The lowest BCUT2D eigenvalue weighted by Crippen LogP contribution is -2.25. The predicted octanol–water partition coefficient (Wildman–Crippen LogP) is 1.20. The van der Waals surface area contributed by atoms with E-state index in [1.54, 1.807) is 24.4 Å². The topological polar surface area (TPSA) is 102 Å². The molecule has 1 aliphatic carbocycles. The highest BCUT2D eigenvalue weighted by atomic mass is 16.4. The maximum absolute atomic E-state index is 12.6. The summed E-state index contributed by atoms with van der Waals surface area (Å²) in [6, 6.07) is 4.85. The molecular weight excluding hydrogens is 286 g/mol. The summed E-state index contributed by atoms with van der Waals surface area (Å²) in [5.41, 5.74) is -0.180. The van der Waals surface area contributed by atoms with Gasteiger partial charge in [0.1, 0.15) is 17.1 Å². The van der Waals surface area contributed by atoms with Gasteiger partial charge in [-0.15, -0.1) is 0 Å². The number of hydrogen-bond donors (Lipinski definition) is 1. The number of nitrogens with zero attached hydrogens (tertiary/aromatic N) is 3. The second kappa shape index (κ2) is 4.08. The SMILES string of the molecule is O=C1c2nccnc2C(=O)c2c1c(C(=O)O)c1ccccn21. The number of fused-ring (bicyclic) bond motifs is 4. The third-order valence-corrected chi connectivity index (χ3v) is 3.63. The molecule has 4 rings (SSSR count). The quantitative estimate of drug-likeness (QED) is 0.566. The average molecular weight is 293 g/mol. The third kappa shape index (κ3) is 1.37. The normalized spacial score (nSPS) is 13.1. The Morgan fingerprint density at radius 1 is 1.05 bits per heavy atom. The van der Waals surface area contributed by atoms with Crippen LogP contribution < -0.4 is 0 Å². The molecule has 0 unspecified atom stereocenters. The maximum atomic E-state index is 12.6. The highest BCUT2D eigenvalue weighted by Crippen LogP contribution is 2.32. The Morgan fingerprint density at radius 3 is 2.41 bits per heavy atom. The van der Waals surface area contributed by atoms with Gasteiger partial charge in [-0.25, -0.2) is 14.8 Å². The summed E-state index contributed by atoms with van der Waals surface area (Å²) in [6.07, 6.45) is 4.17. The van der Waals surface area contributed by atoms with Crippen LogP contribution in [-0.2, 0) is 0 Å². The van der Waals surface area contributed by atoms with Crippen LogP contribution in [0.25, 0.3) is 5.52 Å². The van der Waals surface area contributed by atoms with Gasteiger partial charge in [-0.3, -0.25) is 9.59 Å². The van der Waals surface area contributed by atoms with Crippen LogP contribution in [0.1, 0.15) is 42.6 Å². The zero-order chi connectivity index (χ0) is 15.4. The smallest absolute Gasteiger partial charge is 0.338 e. The highest BCUT2D eigenvalue weighted by molar-refractivity contribution is 6.30. The summed E-state index contributed by atoms with van der Waals surface area (Å²) >= 11 is 0.